The number of fused-ring (bicyclic) bond motifs is 1. The Kier molecular flexibility index (Phi) is 3.50. The van der Waals surface area contributed by atoms with Crippen molar-refractivity contribution in [2.45, 2.75) is 18.9 Å². The van der Waals surface area contributed by atoms with E-state index in [-0.39, 0.29) is 30.2 Å². The summed E-state index contributed by atoms with van der Waals surface area (Å²) in [6.07, 6.45) is 1.08. The lowest BCUT2D eigenvalue weighted by Crippen LogP contribution is -2.38. The molecule has 3 rings (SSSR count). The molecule has 1 aliphatic carbocycles. The van der Waals surface area contributed by atoms with Crippen LogP contribution in [0.25, 0.3) is 0 Å². The molecule has 0 aromatic heterocycles. The quantitative estimate of drug-likeness (QED) is 0.849. The van der Waals surface area contributed by atoms with E-state index in [9.17, 15) is 14.0 Å². The van der Waals surface area contributed by atoms with Crippen LogP contribution in [0.15, 0.2) is 22.7 Å². The average molecular weight is 342 g/mol. The average Bonchev–Trinajstić information content (AvgIpc) is 3.15. The Bertz CT molecular complexity index is 578. The van der Waals surface area contributed by atoms with Gasteiger partial charge in [0.1, 0.15) is 11.9 Å². The molecule has 0 radical (unpaired) electrons. The van der Waals surface area contributed by atoms with Crippen molar-refractivity contribution in [2.75, 3.05) is 6.61 Å². The Balaban J connectivity index is 1.52. The van der Waals surface area contributed by atoms with E-state index in [2.05, 4.69) is 21.2 Å². The van der Waals surface area contributed by atoms with Gasteiger partial charge >= 0.3 is 5.97 Å². The molecule has 4 nitrogen and oxygen atoms in total. The monoisotopic (exact) mass is 341 g/mol. The van der Waals surface area contributed by atoms with Crippen molar-refractivity contribution in [3.8, 4) is 0 Å². The smallest absolute Gasteiger partial charge is 0.328 e. The molecule has 6 heteroatoms. The summed E-state index contributed by atoms with van der Waals surface area (Å²) >= 11 is 3.11. The number of nitrogens with one attached hydrogen (secondary N) is 1. The van der Waals surface area contributed by atoms with Gasteiger partial charge in [-0.15, -0.1) is 0 Å². The molecule has 1 aromatic rings. The summed E-state index contributed by atoms with van der Waals surface area (Å²) in [7, 11) is 0. The van der Waals surface area contributed by atoms with Crippen LogP contribution < -0.4 is 5.32 Å². The zero-order chi connectivity index (χ0) is 14.3. The van der Waals surface area contributed by atoms with E-state index in [0.29, 0.717) is 16.5 Å². The highest BCUT2D eigenvalue weighted by molar-refractivity contribution is 9.10. The topological polar surface area (TPSA) is 55.4 Å². The third-order valence-corrected chi connectivity index (χ3v) is 4.42. The summed E-state index contributed by atoms with van der Waals surface area (Å²) in [6.45, 7) is 0.107. The van der Waals surface area contributed by atoms with Gasteiger partial charge < -0.3 is 10.1 Å². The van der Waals surface area contributed by atoms with Gasteiger partial charge in [-0.05, 0) is 34.0 Å². The van der Waals surface area contributed by atoms with Crippen LogP contribution in [0.5, 0.6) is 0 Å². The highest BCUT2D eigenvalue weighted by Crippen LogP contribution is 2.46. The Morgan fingerprint density at radius 3 is 2.95 bits per heavy atom. The minimum Gasteiger partial charge on any atom is -0.464 e. The number of hydrogen-bond donors (Lipinski definition) is 1. The fourth-order valence-corrected chi connectivity index (χ4v) is 2.99. The maximum absolute atomic E-state index is 13.7. The lowest BCUT2D eigenvalue weighted by atomic mass is 10.1. The maximum atomic E-state index is 13.7. The van der Waals surface area contributed by atoms with Gasteiger partial charge in [0.05, 0.1) is 11.1 Å². The number of benzene rings is 1. The van der Waals surface area contributed by atoms with Crippen LogP contribution in [-0.2, 0) is 20.7 Å². The van der Waals surface area contributed by atoms with Gasteiger partial charge in [-0.2, -0.15) is 0 Å². The van der Waals surface area contributed by atoms with Crippen molar-refractivity contribution in [2.24, 2.45) is 11.8 Å². The molecule has 106 valence electrons. The largest absolute Gasteiger partial charge is 0.464 e. The van der Waals surface area contributed by atoms with Crippen LogP contribution in [0.2, 0.25) is 0 Å². The van der Waals surface area contributed by atoms with E-state index in [1.165, 1.54) is 0 Å². The molecular weight excluding hydrogens is 329 g/mol. The predicted molar refractivity (Wildman–Crippen MR) is 72.3 cm³/mol. The molecule has 1 aliphatic heterocycles. The molecule has 1 heterocycles. The van der Waals surface area contributed by atoms with Gasteiger partial charge in [0.25, 0.3) is 0 Å². The summed E-state index contributed by atoms with van der Waals surface area (Å²) < 4.78 is 19.2. The molecule has 1 amide bonds. The summed E-state index contributed by atoms with van der Waals surface area (Å²) in [5.74, 6) is -0.721. The molecular formula is C14H13BrFNO3. The third-order valence-electron chi connectivity index (χ3n) is 3.80. The van der Waals surface area contributed by atoms with E-state index in [1.54, 1.807) is 18.2 Å². The van der Waals surface area contributed by atoms with Gasteiger partial charge in [0.2, 0.25) is 5.91 Å². The summed E-state index contributed by atoms with van der Waals surface area (Å²) in [5, 5.41) is 2.63. The van der Waals surface area contributed by atoms with Crippen LogP contribution in [0, 0.1) is 17.7 Å². The molecule has 1 N–H and O–H groups in total. The molecule has 2 fully saturated rings. The van der Waals surface area contributed by atoms with Crippen molar-refractivity contribution in [3.63, 3.8) is 0 Å². The van der Waals surface area contributed by atoms with Crippen LogP contribution in [-0.4, -0.2) is 24.5 Å². The number of carbonyl (C=O) groups is 2. The Labute approximate surface area is 123 Å². The number of amides is 1. The first-order valence-electron chi connectivity index (χ1n) is 6.48. The fraction of sp³-hybridized carbons (Fsp3) is 0.429. The van der Waals surface area contributed by atoms with E-state index in [1.807, 2.05) is 0 Å². The zero-order valence-corrected chi connectivity index (χ0v) is 12.2. The summed E-state index contributed by atoms with van der Waals surface area (Å²) in [5.41, 5.74) is 0.493. The minimum atomic E-state index is -0.514. The van der Waals surface area contributed by atoms with E-state index in [4.69, 9.17) is 4.74 Å². The number of esters is 1. The number of rotatable bonds is 4. The Morgan fingerprint density at radius 2 is 2.30 bits per heavy atom. The van der Waals surface area contributed by atoms with Crippen LogP contribution in [0.4, 0.5) is 4.39 Å². The Morgan fingerprint density at radius 1 is 1.50 bits per heavy atom. The molecule has 20 heavy (non-hydrogen) atoms. The first-order valence-corrected chi connectivity index (χ1v) is 7.27. The van der Waals surface area contributed by atoms with Crippen LogP contribution >= 0.6 is 15.9 Å². The highest BCUT2D eigenvalue weighted by atomic mass is 79.9. The molecule has 0 spiro atoms. The number of piperidine rings is 1. The van der Waals surface area contributed by atoms with Crippen molar-refractivity contribution in [1.29, 1.82) is 0 Å². The second-order valence-electron chi connectivity index (χ2n) is 5.12. The van der Waals surface area contributed by atoms with E-state index < -0.39 is 12.0 Å². The van der Waals surface area contributed by atoms with Crippen LogP contribution in [0.1, 0.15) is 12.0 Å². The van der Waals surface area contributed by atoms with Gasteiger partial charge in [-0.3, -0.25) is 4.79 Å². The second kappa shape index (κ2) is 5.16. The van der Waals surface area contributed by atoms with E-state index in [0.717, 1.165) is 6.42 Å². The molecule has 1 saturated carbocycles. The first kappa shape index (κ1) is 13.5. The van der Waals surface area contributed by atoms with Crippen molar-refractivity contribution < 1.29 is 18.7 Å². The lowest BCUT2D eigenvalue weighted by Gasteiger charge is -2.12. The molecule has 3 atom stereocenters. The summed E-state index contributed by atoms with van der Waals surface area (Å²) in [4.78, 5) is 23.2. The molecule has 0 bridgehead atoms. The van der Waals surface area contributed by atoms with Gasteiger partial charge in [-0.1, -0.05) is 12.1 Å². The predicted octanol–water partition coefficient (Wildman–Crippen LogP) is 1.81. The number of carbonyl (C=O) groups excluding carboxylic acids is 2. The number of hydrogen-bond acceptors (Lipinski definition) is 3. The Hall–Kier alpha value is -1.43. The number of halogens is 2. The van der Waals surface area contributed by atoms with Gasteiger partial charge in [0.15, 0.2) is 0 Å². The van der Waals surface area contributed by atoms with Crippen molar-refractivity contribution in [1.82, 2.24) is 5.32 Å². The van der Waals surface area contributed by atoms with Crippen molar-refractivity contribution >= 4 is 27.8 Å². The number of ether oxygens (including phenoxy) is 1. The third kappa shape index (κ3) is 2.44. The lowest BCUT2D eigenvalue weighted by molar-refractivity contribution is -0.147. The zero-order valence-electron chi connectivity index (χ0n) is 10.6. The van der Waals surface area contributed by atoms with Crippen molar-refractivity contribution in [3.05, 3.63) is 34.1 Å². The highest BCUT2D eigenvalue weighted by Gasteiger charge is 2.57. The second-order valence-corrected chi connectivity index (χ2v) is 5.98. The fourth-order valence-electron chi connectivity index (χ4n) is 2.58. The van der Waals surface area contributed by atoms with Gasteiger partial charge in [-0.25, -0.2) is 9.18 Å². The SMILES string of the molecule is O=C1N[C@@H](C(=O)OCCc2cccc(Br)c2F)[C@H]2C[C@@H]12. The standard InChI is InChI=1S/C14H13BrFNO3/c15-10-3-1-2-7(11(10)16)4-5-20-14(19)12-8-6-9(8)13(18)17-12/h1-3,8-9,12H,4-6H2,(H,17,18)/t8-,9+,12+/m0/s1. The summed E-state index contributed by atoms with van der Waals surface area (Å²) in [6, 6.07) is 4.49. The molecule has 0 unspecified atom stereocenters. The minimum absolute atomic E-state index is 0.00456. The van der Waals surface area contributed by atoms with Crippen LogP contribution in [0.3, 0.4) is 0 Å². The molecule has 2 aliphatic rings. The first-order chi connectivity index (χ1) is 9.58. The normalized spacial score (nSPS) is 26.9. The van der Waals surface area contributed by atoms with E-state index >= 15 is 0 Å². The molecule has 1 aromatic carbocycles. The molecule has 1 saturated heterocycles. The maximum Gasteiger partial charge on any atom is 0.328 e. The van der Waals surface area contributed by atoms with Gasteiger partial charge in [0, 0.05) is 18.3 Å².